The highest BCUT2D eigenvalue weighted by molar-refractivity contribution is 5.86. The van der Waals surface area contributed by atoms with Gasteiger partial charge in [-0.2, -0.15) is 0 Å². The summed E-state index contributed by atoms with van der Waals surface area (Å²) in [7, 11) is 0. The molecule has 1 fully saturated rings. The van der Waals surface area contributed by atoms with E-state index in [4.69, 9.17) is 0 Å². The fraction of sp³-hybridized carbons (Fsp3) is 0.375. The van der Waals surface area contributed by atoms with Crippen LogP contribution < -0.4 is 10.6 Å². The molecule has 1 aliphatic rings. The van der Waals surface area contributed by atoms with Crippen molar-refractivity contribution in [2.75, 3.05) is 13.1 Å². The maximum absolute atomic E-state index is 3.72. The van der Waals surface area contributed by atoms with E-state index in [1.807, 2.05) is 0 Å². The van der Waals surface area contributed by atoms with Gasteiger partial charge in [0.05, 0.1) is 0 Å². The van der Waals surface area contributed by atoms with Gasteiger partial charge in [-0.25, -0.2) is 0 Å². The Hall–Kier alpha value is -1.38. The molecule has 2 aromatic carbocycles. The molecule has 2 heteroatoms. The highest BCUT2D eigenvalue weighted by atomic mass is 15.0. The molecule has 94 valence electrons. The first kappa shape index (κ1) is 11.7. The predicted molar refractivity (Wildman–Crippen MR) is 76.8 cm³/mol. The van der Waals surface area contributed by atoms with E-state index in [-0.39, 0.29) is 0 Å². The lowest BCUT2D eigenvalue weighted by atomic mass is 9.99. The van der Waals surface area contributed by atoms with Crippen LogP contribution in [-0.2, 0) is 0 Å². The summed E-state index contributed by atoms with van der Waals surface area (Å²) in [4.78, 5) is 0. The molecular formula is C16H20N2. The Balaban J connectivity index is 1.88. The van der Waals surface area contributed by atoms with Crippen molar-refractivity contribution in [3.05, 3.63) is 48.0 Å². The summed E-state index contributed by atoms with van der Waals surface area (Å²) in [6.45, 7) is 4.50. The molecule has 0 spiro atoms. The van der Waals surface area contributed by atoms with E-state index >= 15 is 0 Å². The molecule has 2 aromatic rings. The molecule has 0 amide bonds. The van der Waals surface area contributed by atoms with E-state index < -0.39 is 0 Å². The highest BCUT2D eigenvalue weighted by Crippen LogP contribution is 2.24. The first-order chi connectivity index (χ1) is 8.84. The topological polar surface area (TPSA) is 24.1 Å². The van der Waals surface area contributed by atoms with Crippen LogP contribution in [0.1, 0.15) is 24.9 Å². The van der Waals surface area contributed by atoms with E-state index in [0.29, 0.717) is 12.1 Å². The monoisotopic (exact) mass is 240 g/mol. The van der Waals surface area contributed by atoms with E-state index in [9.17, 15) is 0 Å². The van der Waals surface area contributed by atoms with Gasteiger partial charge in [0.2, 0.25) is 0 Å². The standard InChI is InChI=1S/C16H20N2/c1-12(18-14-9-10-17-11-14)15-8-4-6-13-5-2-3-7-16(13)15/h2-8,12,14,17-18H,9-11H2,1H3/t12?,14-/m0/s1. The van der Waals surface area contributed by atoms with Crippen molar-refractivity contribution in [2.45, 2.75) is 25.4 Å². The third-order valence-corrected chi connectivity index (χ3v) is 3.84. The van der Waals surface area contributed by atoms with Gasteiger partial charge in [-0.15, -0.1) is 0 Å². The Morgan fingerprint density at radius 1 is 1.17 bits per heavy atom. The van der Waals surface area contributed by atoms with Crippen molar-refractivity contribution in [1.82, 2.24) is 10.6 Å². The van der Waals surface area contributed by atoms with Crippen molar-refractivity contribution in [1.29, 1.82) is 0 Å². The van der Waals surface area contributed by atoms with Crippen LogP contribution in [0.5, 0.6) is 0 Å². The molecule has 0 aliphatic carbocycles. The van der Waals surface area contributed by atoms with Gasteiger partial charge in [0.25, 0.3) is 0 Å². The second kappa shape index (κ2) is 5.09. The molecule has 2 atom stereocenters. The Bertz CT molecular complexity index is 524. The fourth-order valence-corrected chi connectivity index (χ4v) is 2.87. The Kier molecular flexibility index (Phi) is 3.31. The van der Waals surface area contributed by atoms with Gasteiger partial charge < -0.3 is 10.6 Å². The average molecular weight is 240 g/mol. The van der Waals surface area contributed by atoms with Crippen LogP contribution >= 0.6 is 0 Å². The van der Waals surface area contributed by atoms with Crippen LogP contribution in [0.4, 0.5) is 0 Å². The molecule has 1 saturated heterocycles. The first-order valence-corrected chi connectivity index (χ1v) is 6.79. The summed E-state index contributed by atoms with van der Waals surface area (Å²) < 4.78 is 0. The Morgan fingerprint density at radius 2 is 2.00 bits per heavy atom. The Morgan fingerprint density at radius 3 is 2.83 bits per heavy atom. The lowest BCUT2D eigenvalue weighted by Crippen LogP contribution is -2.33. The SMILES string of the molecule is CC(N[C@H]1CCNC1)c1cccc2ccccc12. The van der Waals surface area contributed by atoms with E-state index in [1.54, 1.807) is 0 Å². The number of rotatable bonds is 3. The molecule has 3 rings (SSSR count). The van der Waals surface area contributed by atoms with Crippen LogP contribution in [0.2, 0.25) is 0 Å². The van der Waals surface area contributed by atoms with Crippen molar-refractivity contribution >= 4 is 10.8 Å². The second-order valence-electron chi connectivity index (χ2n) is 5.15. The van der Waals surface area contributed by atoms with E-state index in [1.165, 1.54) is 22.8 Å². The number of fused-ring (bicyclic) bond motifs is 1. The lowest BCUT2D eigenvalue weighted by molar-refractivity contribution is 0.480. The van der Waals surface area contributed by atoms with Gasteiger partial charge >= 0.3 is 0 Å². The van der Waals surface area contributed by atoms with Gasteiger partial charge in [-0.1, -0.05) is 42.5 Å². The van der Waals surface area contributed by atoms with Gasteiger partial charge in [-0.3, -0.25) is 0 Å². The van der Waals surface area contributed by atoms with Gasteiger partial charge in [-0.05, 0) is 36.2 Å². The summed E-state index contributed by atoms with van der Waals surface area (Å²) in [6.07, 6.45) is 1.23. The molecule has 2 nitrogen and oxygen atoms in total. The van der Waals surface area contributed by atoms with Crippen molar-refractivity contribution in [3.63, 3.8) is 0 Å². The molecule has 0 bridgehead atoms. The number of hydrogen-bond donors (Lipinski definition) is 2. The Labute approximate surface area is 108 Å². The summed E-state index contributed by atoms with van der Waals surface area (Å²) in [5.41, 5.74) is 1.40. The average Bonchev–Trinajstić information content (AvgIpc) is 2.91. The van der Waals surface area contributed by atoms with Crippen LogP contribution in [0, 0.1) is 0 Å². The zero-order chi connectivity index (χ0) is 12.4. The lowest BCUT2D eigenvalue weighted by Gasteiger charge is -2.20. The fourth-order valence-electron chi connectivity index (χ4n) is 2.87. The molecular weight excluding hydrogens is 220 g/mol. The third kappa shape index (κ3) is 2.26. The van der Waals surface area contributed by atoms with Gasteiger partial charge in [0, 0.05) is 18.6 Å². The number of hydrogen-bond acceptors (Lipinski definition) is 2. The molecule has 1 aliphatic heterocycles. The van der Waals surface area contributed by atoms with E-state index in [0.717, 1.165) is 13.1 Å². The van der Waals surface area contributed by atoms with Gasteiger partial charge in [0.15, 0.2) is 0 Å². The van der Waals surface area contributed by atoms with Crippen molar-refractivity contribution in [2.24, 2.45) is 0 Å². The summed E-state index contributed by atoms with van der Waals surface area (Å²) in [5.74, 6) is 0. The third-order valence-electron chi connectivity index (χ3n) is 3.84. The molecule has 2 N–H and O–H groups in total. The number of nitrogens with one attached hydrogen (secondary N) is 2. The zero-order valence-electron chi connectivity index (χ0n) is 10.8. The minimum absolute atomic E-state index is 0.404. The molecule has 0 aromatic heterocycles. The predicted octanol–water partition coefficient (Wildman–Crippen LogP) is 2.85. The largest absolute Gasteiger partial charge is 0.315 e. The molecule has 1 heterocycles. The quantitative estimate of drug-likeness (QED) is 0.862. The summed E-state index contributed by atoms with van der Waals surface area (Å²) in [5, 5.41) is 9.82. The molecule has 0 radical (unpaired) electrons. The van der Waals surface area contributed by atoms with Crippen molar-refractivity contribution in [3.8, 4) is 0 Å². The smallest absolute Gasteiger partial charge is 0.0301 e. The van der Waals surface area contributed by atoms with Gasteiger partial charge in [0.1, 0.15) is 0 Å². The maximum atomic E-state index is 3.72. The minimum atomic E-state index is 0.404. The summed E-state index contributed by atoms with van der Waals surface area (Å²) in [6, 6.07) is 16.2. The second-order valence-corrected chi connectivity index (χ2v) is 5.15. The first-order valence-electron chi connectivity index (χ1n) is 6.79. The minimum Gasteiger partial charge on any atom is -0.315 e. The zero-order valence-corrected chi connectivity index (χ0v) is 10.8. The molecule has 0 saturated carbocycles. The van der Waals surface area contributed by atoms with Crippen LogP contribution in [0.3, 0.4) is 0 Å². The van der Waals surface area contributed by atoms with Crippen LogP contribution in [0.15, 0.2) is 42.5 Å². The van der Waals surface area contributed by atoms with Crippen LogP contribution in [0.25, 0.3) is 10.8 Å². The van der Waals surface area contributed by atoms with Crippen molar-refractivity contribution < 1.29 is 0 Å². The maximum Gasteiger partial charge on any atom is 0.0301 e. The van der Waals surface area contributed by atoms with Crippen LogP contribution in [-0.4, -0.2) is 19.1 Å². The van der Waals surface area contributed by atoms with E-state index in [2.05, 4.69) is 60.0 Å². The normalized spacial score (nSPS) is 21.3. The summed E-state index contributed by atoms with van der Waals surface area (Å²) >= 11 is 0. The molecule has 1 unspecified atom stereocenters. The number of benzene rings is 2. The highest BCUT2D eigenvalue weighted by Gasteiger charge is 2.17. The molecule has 18 heavy (non-hydrogen) atoms.